The Kier molecular flexibility index (Phi) is 6.64. The lowest BCUT2D eigenvalue weighted by Gasteiger charge is -2.31. The van der Waals surface area contributed by atoms with Gasteiger partial charge in [-0.1, -0.05) is 12.1 Å². The van der Waals surface area contributed by atoms with Crippen LogP contribution in [0, 0.1) is 5.92 Å². The highest BCUT2D eigenvalue weighted by Crippen LogP contribution is 2.33. The third-order valence-electron chi connectivity index (χ3n) is 4.88. The van der Waals surface area contributed by atoms with Gasteiger partial charge in [0.15, 0.2) is 0 Å². The summed E-state index contributed by atoms with van der Waals surface area (Å²) in [5.74, 6) is -0.358. The van der Waals surface area contributed by atoms with Crippen molar-refractivity contribution in [2.24, 2.45) is 5.92 Å². The minimum absolute atomic E-state index is 0.0321. The fraction of sp³-hybridized carbons (Fsp3) is 0.364. The second kappa shape index (κ2) is 9.19. The standard InChI is InChI=1S/C22H22F3NO4/c1-2-29-21(28)15-9-11-26(12-10-15)20(27)16-5-3-7-18(13-16)30-19-8-4-6-17(14-19)22(23,24)25/h3-8,13-15H,2,9-12H2,1H3. The number of carbonyl (C=O) groups is 2. The Morgan fingerprint density at radius 1 is 1.03 bits per heavy atom. The monoisotopic (exact) mass is 421 g/mol. The number of alkyl halides is 3. The minimum Gasteiger partial charge on any atom is -0.466 e. The van der Waals surface area contributed by atoms with E-state index in [2.05, 4.69) is 0 Å². The summed E-state index contributed by atoms with van der Waals surface area (Å²) in [6.07, 6.45) is -3.40. The van der Waals surface area contributed by atoms with Gasteiger partial charge in [0.05, 0.1) is 18.1 Å². The number of piperidine rings is 1. The zero-order valence-corrected chi connectivity index (χ0v) is 16.4. The number of ether oxygens (including phenoxy) is 2. The Balaban J connectivity index is 1.66. The number of amides is 1. The summed E-state index contributed by atoms with van der Waals surface area (Å²) < 4.78 is 49.2. The molecule has 0 bridgehead atoms. The van der Waals surface area contributed by atoms with Crippen molar-refractivity contribution in [3.8, 4) is 11.5 Å². The SMILES string of the molecule is CCOC(=O)C1CCN(C(=O)c2cccc(Oc3cccc(C(F)(F)F)c3)c2)CC1. The van der Waals surface area contributed by atoms with Gasteiger partial charge in [0, 0.05) is 18.7 Å². The largest absolute Gasteiger partial charge is 0.466 e. The fourth-order valence-electron chi connectivity index (χ4n) is 3.33. The molecule has 2 aromatic rings. The Morgan fingerprint density at radius 2 is 1.67 bits per heavy atom. The van der Waals surface area contributed by atoms with Gasteiger partial charge >= 0.3 is 12.1 Å². The molecule has 5 nitrogen and oxygen atoms in total. The first-order chi connectivity index (χ1) is 14.3. The fourth-order valence-corrected chi connectivity index (χ4v) is 3.33. The number of esters is 1. The van der Waals surface area contributed by atoms with Crippen LogP contribution in [-0.2, 0) is 15.7 Å². The van der Waals surface area contributed by atoms with Crippen LogP contribution in [0.3, 0.4) is 0 Å². The average molecular weight is 421 g/mol. The highest BCUT2D eigenvalue weighted by atomic mass is 19.4. The van der Waals surface area contributed by atoms with Gasteiger partial charge in [-0.3, -0.25) is 9.59 Å². The lowest BCUT2D eigenvalue weighted by Crippen LogP contribution is -2.40. The van der Waals surface area contributed by atoms with E-state index in [0.29, 0.717) is 38.1 Å². The lowest BCUT2D eigenvalue weighted by atomic mass is 9.96. The van der Waals surface area contributed by atoms with Crippen molar-refractivity contribution >= 4 is 11.9 Å². The number of carbonyl (C=O) groups excluding carboxylic acids is 2. The van der Waals surface area contributed by atoms with Crippen LogP contribution < -0.4 is 4.74 Å². The predicted molar refractivity (Wildman–Crippen MR) is 103 cm³/mol. The Hall–Kier alpha value is -3.03. The zero-order chi connectivity index (χ0) is 21.7. The summed E-state index contributed by atoms with van der Waals surface area (Å²) in [4.78, 5) is 26.3. The van der Waals surface area contributed by atoms with E-state index in [-0.39, 0.29) is 29.3 Å². The van der Waals surface area contributed by atoms with Gasteiger partial charge in [-0.2, -0.15) is 13.2 Å². The van der Waals surface area contributed by atoms with Crippen molar-refractivity contribution in [2.75, 3.05) is 19.7 Å². The van der Waals surface area contributed by atoms with E-state index >= 15 is 0 Å². The number of hydrogen-bond donors (Lipinski definition) is 0. The maximum Gasteiger partial charge on any atom is 0.416 e. The molecule has 160 valence electrons. The van der Waals surface area contributed by atoms with Crippen LogP contribution in [-0.4, -0.2) is 36.5 Å². The second-order valence-corrected chi connectivity index (χ2v) is 6.97. The second-order valence-electron chi connectivity index (χ2n) is 6.97. The highest BCUT2D eigenvalue weighted by molar-refractivity contribution is 5.94. The molecule has 1 aliphatic rings. The lowest BCUT2D eigenvalue weighted by molar-refractivity contribution is -0.149. The van der Waals surface area contributed by atoms with Crippen LogP contribution in [0.1, 0.15) is 35.7 Å². The van der Waals surface area contributed by atoms with Crippen LogP contribution in [0.4, 0.5) is 13.2 Å². The van der Waals surface area contributed by atoms with Gasteiger partial charge in [-0.25, -0.2) is 0 Å². The van der Waals surface area contributed by atoms with Gasteiger partial charge in [0.1, 0.15) is 11.5 Å². The summed E-state index contributed by atoms with van der Waals surface area (Å²) in [7, 11) is 0. The van der Waals surface area contributed by atoms with E-state index in [1.54, 1.807) is 30.0 Å². The van der Waals surface area contributed by atoms with Crippen LogP contribution in [0.25, 0.3) is 0 Å². The summed E-state index contributed by atoms with van der Waals surface area (Å²) in [6, 6.07) is 10.9. The smallest absolute Gasteiger partial charge is 0.416 e. The Bertz CT molecular complexity index is 905. The summed E-state index contributed by atoms with van der Waals surface area (Å²) >= 11 is 0. The van der Waals surface area contributed by atoms with Crippen LogP contribution in [0.2, 0.25) is 0 Å². The van der Waals surface area contributed by atoms with Crippen molar-refractivity contribution in [1.82, 2.24) is 4.90 Å². The van der Waals surface area contributed by atoms with Crippen molar-refractivity contribution in [3.05, 3.63) is 59.7 Å². The molecule has 1 saturated heterocycles. The number of likely N-dealkylation sites (tertiary alicyclic amines) is 1. The number of nitrogens with zero attached hydrogens (tertiary/aromatic N) is 1. The van der Waals surface area contributed by atoms with E-state index in [4.69, 9.17) is 9.47 Å². The van der Waals surface area contributed by atoms with Crippen molar-refractivity contribution in [2.45, 2.75) is 25.9 Å². The molecule has 0 spiro atoms. The first-order valence-electron chi connectivity index (χ1n) is 9.69. The molecule has 0 atom stereocenters. The van der Waals surface area contributed by atoms with Crippen LogP contribution in [0.15, 0.2) is 48.5 Å². The molecular weight excluding hydrogens is 399 g/mol. The molecule has 3 rings (SSSR count). The molecule has 1 heterocycles. The molecule has 0 aliphatic carbocycles. The maximum atomic E-state index is 12.9. The molecule has 2 aromatic carbocycles. The van der Waals surface area contributed by atoms with Crippen molar-refractivity contribution in [3.63, 3.8) is 0 Å². The van der Waals surface area contributed by atoms with E-state index < -0.39 is 11.7 Å². The molecule has 8 heteroatoms. The number of hydrogen-bond acceptors (Lipinski definition) is 4. The van der Waals surface area contributed by atoms with Gasteiger partial charge < -0.3 is 14.4 Å². The molecule has 1 fully saturated rings. The summed E-state index contributed by atoms with van der Waals surface area (Å²) in [5.41, 5.74) is -0.439. The van der Waals surface area contributed by atoms with Gasteiger partial charge in [-0.05, 0) is 56.2 Å². The van der Waals surface area contributed by atoms with Crippen molar-refractivity contribution < 1.29 is 32.2 Å². The van der Waals surface area contributed by atoms with E-state index in [1.165, 1.54) is 18.2 Å². The molecule has 0 unspecified atom stereocenters. The van der Waals surface area contributed by atoms with Gasteiger partial charge in [0.25, 0.3) is 5.91 Å². The van der Waals surface area contributed by atoms with Crippen molar-refractivity contribution in [1.29, 1.82) is 0 Å². The Morgan fingerprint density at radius 3 is 2.30 bits per heavy atom. The highest BCUT2D eigenvalue weighted by Gasteiger charge is 2.31. The number of rotatable bonds is 5. The Labute approximate surface area is 172 Å². The first-order valence-corrected chi connectivity index (χ1v) is 9.69. The molecule has 0 aromatic heterocycles. The van der Waals surface area contributed by atoms with E-state index in [1.807, 2.05) is 0 Å². The molecule has 30 heavy (non-hydrogen) atoms. The molecule has 1 aliphatic heterocycles. The number of benzene rings is 2. The quantitative estimate of drug-likeness (QED) is 0.644. The van der Waals surface area contributed by atoms with E-state index in [9.17, 15) is 22.8 Å². The average Bonchev–Trinajstić information content (AvgIpc) is 2.73. The normalized spacial score (nSPS) is 15.0. The third kappa shape index (κ3) is 5.31. The minimum atomic E-state index is -4.47. The van der Waals surface area contributed by atoms with Gasteiger partial charge in [-0.15, -0.1) is 0 Å². The van der Waals surface area contributed by atoms with Crippen LogP contribution in [0.5, 0.6) is 11.5 Å². The third-order valence-corrected chi connectivity index (χ3v) is 4.88. The maximum absolute atomic E-state index is 12.9. The summed E-state index contributed by atoms with van der Waals surface area (Å²) in [5, 5.41) is 0. The molecule has 1 amide bonds. The molecule has 0 N–H and O–H groups in total. The predicted octanol–water partition coefficient (Wildman–Crippen LogP) is 4.91. The summed E-state index contributed by atoms with van der Waals surface area (Å²) in [6.45, 7) is 2.95. The van der Waals surface area contributed by atoms with Crippen LogP contribution >= 0.6 is 0 Å². The molecular formula is C22H22F3NO4. The van der Waals surface area contributed by atoms with E-state index in [0.717, 1.165) is 12.1 Å². The topological polar surface area (TPSA) is 55.8 Å². The zero-order valence-electron chi connectivity index (χ0n) is 16.4. The van der Waals surface area contributed by atoms with Gasteiger partial charge in [0.2, 0.25) is 0 Å². The molecule has 0 saturated carbocycles. The molecule has 0 radical (unpaired) electrons. The number of halogens is 3. The first kappa shape index (κ1) is 21.7.